The molecule has 1 rings (SSSR count). The molecule has 0 saturated heterocycles. The third-order valence-electron chi connectivity index (χ3n) is 2.31. The maximum atomic E-state index is 9.56. The Bertz CT molecular complexity index is 123. The standard InChI is InChI=1S/C10H20O2/c1-8(2)7-12-10-6-4-3-5-9(10)11/h8-11H,3-7H2,1-2H3/t9-,10-/m1/s1. The van der Waals surface area contributed by atoms with Crippen molar-refractivity contribution in [1.82, 2.24) is 0 Å². The van der Waals surface area contributed by atoms with Gasteiger partial charge in [0.15, 0.2) is 0 Å². The van der Waals surface area contributed by atoms with Crippen molar-refractivity contribution in [3.8, 4) is 0 Å². The molecule has 1 saturated carbocycles. The molecule has 0 unspecified atom stereocenters. The molecule has 72 valence electrons. The molecular weight excluding hydrogens is 152 g/mol. The summed E-state index contributed by atoms with van der Waals surface area (Å²) in [4.78, 5) is 0. The largest absolute Gasteiger partial charge is 0.390 e. The molecule has 0 aromatic heterocycles. The van der Waals surface area contributed by atoms with Crippen molar-refractivity contribution in [3.63, 3.8) is 0 Å². The topological polar surface area (TPSA) is 29.5 Å². The summed E-state index contributed by atoms with van der Waals surface area (Å²) < 4.78 is 5.61. The van der Waals surface area contributed by atoms with Gasteiger partial charge in [-0.05, 0) is 18.8 Å². The molecule has 0 amide bonds. The molecule has 0 aromatic carbocycles. The van der Waals surface area contributed by atoms with Crippen molar-refractivity contribution in [2.75, 3.05) is 6.61 Å². The summed E-state index contributed by atoms with van der Waals surface area (Å²) in [6.07, 6.45) is 4.22. The van der Waals surface area contributed by atoms with E-state index in [0.717, 1.165) is 25.9 Å². The molecule has 1 aliphatic rings. The van der Waals surface area contributed by atoms with E-state index in [2.05, 4.69) is 13.8 Å². The van der Waals surface area contributed by atoms with Crippen molar-refractivity contribution in [2.45, 2.75) is 51.7 Å². The summed E-state index contributed by atoms with van der Waals surface area (Å²) in [5.41, 5.74) is 0. The van der Waals surface area contributed by atoms with Gasteiger partial charge >= 0.3 is 0 Å². The highest BCUT2D eigenvalue weighted by Gasteiger charge is 2.23. The van der Waals surface area contributed by atoms with Crippen LogP contribution in [0.3, 0.4) is 0 Å². The first-order valence-corrected chi connectivity index (χ1v) is 5.00. The maximum absolute atomic E-state index is 9.56. The minimum atomic E-state index is -0.211. The van der Waals surface area contributed by atoms with Crippen molar-refractivity contribution >= 4 is 0 Å². The Kier molecular flexibility index (Phi) is 4.02. The average Bonchev–Trinajstić information content (AvgIpc) is 2.03. The Morgan fingerprint density at radius 2 is 2.00 bits per heavy atom. The first kappa shape index (κ1) is 10.0. The normalized spacial score (nSPS) is 31.0. The number of ether oxygens (including phenoxy) is 1. The second kappa shape index (κ2) is 4.83. The van der Waals surface area contributed by atoms with Gasteiger partial charge in [0.2, 0.25) is 0 Å². The quantitative estimate of drug-likeness (QED) is 0.705. The summed E-state index contributed by atoms with van der Waals surface area (Å²) in [7, 11) is 0. The van der Waals surface area contributed by atoms with Gasteiger partial charge in [0.05, 0.1) is 12.2 Å². The Labute approximate surface area is 74.9 Å². The van der Waals surface area contributed by atoms with E-state index in [0.29, 0.717) is 5.92 Å². The highest BCUT2D eigenvalue weighted by atomic mass is 16.5. The van der Waals surface area contributed by atoms with Gasteiger partial charge in [-0.2, -0.15) is 0 Å². The average molecular weight is 172 g/mol. The lowest BCUT2D eigenvalue weighted by atomic mass is 9.95. The number of aliphatic hydroxyl groups is 1. The minimum Gasteiger partial charge on any atom is -0.390 e. The Balaban J connectivity index is 2.20. The maximum Gasteiger partial charge on any atom is 0.0834 e. The highest BCUT2D eigenvalue weighted by molar-refractivity contribution is 4.74. The van der Waals surface area contributed by atoms with E-state index in [-0.39, 0.29) is 12.2 Å². The smallest absolute Gasteiger partial charge is 0.0834 e. The lowest BCUT2D eigenvalue weighted by molar-refractivity contribution is -0.0660. The molecule has 1 fully saturated rings. The lowest BCUT2D eigenvalue weighted by Gasteiger charge is -2.28. The van der Waals surface area contributed by atoms with Crippen molar-refractivity contribution in [1.29, 1.82) is 0 Å². The summed E-state index contributed by atoms with van der Waals surface area (Å²) in [5.74, 6) is 0.569. The fraction of sp³-hybridized carbons (Fsp3) is 1.00. The Morgan fingerprint density at radius 3 is 2.58 bits per heavy atom. The van der Waals surface area contributed by atoms with E-state index < -0.39 is 0 Å². The van der Waals surface area contributed by atoms with Crippen LogP contribution in [-0.4, -0.2) is 23.9 Å². The zero-order valence-electron chi connectivity index (χ0n) is 8.12. The second-order valence-corrected chi connectivity index (χ2v) is 4.12. The van der Waals surface area contributed by atoms with E-state index in [1.165, 1.54) is 6.42 Å². The van der Waals surface area contributed by atoms with Crippen molar-refractivity contribution in [3.05, 3.63) is 0 Å². The first-order chi connectivity index (χ1) is 5.70. The molecule has 1 N–H and O–H groups in total. The minimum absolute atomic E-state index is 0.112. The molecule has 12 heavy (non-hydrogen) atoms. The molecule has 0 spiro atoms. The number of rotatable bonds is 3. The van der Waals surface area contributed by atoms with Gasteiger partial charge in [-0.25, -0.2) is 0 Å². The SMILES string of the molecule is CC(C)CO[C@@H]1CCCC[C@H]1O. The molecule has 0 heterocycles. The molecule has 0 bridgehead atoms. The third kappa shape index (κ3) is 3.11. The zero-order valence-corrected chi connectivity index (χ0v) is 8.12. The van der Waals surface area contributed by atoms with Gasteiger partial charge in [0, 0.05) is 6.61 Å². The van der Waals surface area contributed by atoms with Gasteiger partial charge in [-0.1, -0.05) is 26.7 Å². The summed E-state index contributed by atoms with van der Waals surface area (Å²) in [6.45, 7) is 5.05. The molecule has 0 radical (unpaired) electrons. The van der Waals surface area contributed by atoms with Crippen LogP contribution in [0.25, 0.3) is 0 Å². The zero-order chi connectivity index (χ0) is 8.97. The van der Waals surface area contributed by atoms with E-state index in [1.54, 1.807) is 0 Å². The van der Waals surface area contributed by atoms with Crippen LogP contribution in [-0.2, 0) is 4.74 Å². The van der Waals surface area contributed by atoms with Gasteiger partial charge < -0.3 is 9.84 Å². The predicted molar refractivity (Wildman–Crippen MR) is 49.1 cm³/mol. The fourth-order valence-corrected chi connectivity index (χ4v) is 1.59. The summed E-state index contributed by atoms with van der Waals surface area (Å²) in [6, 6.07) is 0. The molecular formula is C10H20O2. The molecule has 2 heteroatoms. The molecule has 2 atom stereocenters. The molecule has 0 aliphatic heterocycles. The van der Waals surface area contributed by atoms with E-state index in [9.17, 15) is 5.11 Å². The van der Waals surface area contributed by atoms with Crippen LogP contribution in [0.4, 0.5) is 0 Å². The monoisotopic (exact) mass is 172 g/mol. The Hall–Kier alpha value is -0.0800. The van der Waals surface area contributed by atoms with E-state index >= 15 is 0 Å². The van der Waals surface area contributed by atoms with E-state index in [4.69, 9.17) is 4.74 Å². The summed E-state index contributed by atoms with van der Waals surface area (Å²) in [5, 5.41) is 9.56. The van der Waals surface area contributed by atoms with Crippen LogP contribution in [0.2, 0.25) is 0 Å². The van der Waals surface area contributed by atoms with Crippen LogP contribution in [0.15, 0.2) is 0 Å². The molecule has 2 nitrogen and oxygen atoms in total. The Morgan fingerprint density at radius 1 is 1.33 bits per heavy atom. The van der Waals surface area contributed by atoms with Crippen molar-refractivity contribution in [2.24, 2.45) is 5.92 Å². The van der Waals surface area contributed by atoms with Crippen LogP contribution in [0.5, 0.6) is 0 Å². The van der Waals surface area contributed by atoms with Crippen LogP contribution < -0.4 is 0 Å². The number of hydrogen-bond acceptors (Lipinski definition) is 2. The summed E-state index contributed by atoms with van der Waals surface area (Å²) >= 11 is 0. The van der Waals surface area contributed by atoms with Crippen LogP contribution >= 0.6 is 0 Å². The van der Waals surface area contributed by atoms with Gasteiger partial charge in [-0.15, -0.1) is 0 Å². The second-order valence-electron chi connectivity index (χ2n) is 4.12. The van der Waals surface area contributed by atoms with Gasteiger partial charge in [0.25, 0.3) is 0 Å². The lowest BCUT2D eigenvalue weighted by Crippen LogP contribution is -2.33. The van der Waals surface area contributed by atoms with Gasteiger partial charge in [0.1, 0.15) is 0 Å². The molecule has 1 aliphatic carbocycles. The van der Waals surface area contributed by atoms with Crippen molar-refractivity contribution < 1.29 is 9.84 Å². The highest BCUT2D eigenvalue weighted by Crippen LogP contribution is 2.21. The number of aliphatic hydroxyl groups excluding tert-OH is 1. The first-order valence-electron chi connectivity index (χ1n) is 5.00. The fourth-order valence-electron chi connectivity index (χ4n) is 1.59. The van der Waals surface area contributed by atoms with Crippen LogP contribution in [0.1, 0.15) is 39.5 Å². The predicted octanol–water partition coefficient (Wildman–Crippen LogP) is 1.96. The number of hydrogen-bond donors (Lipinski definition) is 1. The van der Waals surface area contributed by atoms with E-state index in [1.807, 2.05) is 0 Å². The van der Waals surface area contributed by atoms with Crippen LogP contribution in [0, 0.1) is 5.92 Å². The van der Waals surface area contributed by atoms with Gasteiger partial charge in [-0.3, -0.25) is 0 Å². The molecule has 0 aromatic rings. The third-order valence-corrected chi connectivity index (χ3v) is 2.31.